The van der Waals surface area contributed by atoms with Gasteiger partial charge in [0.1, 0.15) is 5.70 Å². The molecule has 0 saturated carbocycles. The second-order valence-electron chi connectivity index (χ2n) is 7.50. The van der Waals surface area contributed by atoms with E-state index in [9.17, 15) is 9.59 Å². The van der Waals surface area contributed by atoms with Crippen LogP contribution in [0.15, 0.2) is 47.5 Å². The number of carbonyl (C=O) groups excluding carboxylic acids is 2. The number of morpholine rings is 1. The van der Waals surface area contributed by atoms with E-state index in [-0.39, 0.29) is 24.0 Å². The van der Waals surface area contributed by atoms with Crippen molar-refractivity contribution in [2.24, 2.45) is 0 Å². The van der Waals surface area contributed by atoms with Crippen molar-refractivity contribution in [2.45, 2.75) is 32.5 Å². The van der Waals surface area contributed by atoms with Crippen LogP contribution in [0.1, 0.15) is 24.3 Å². The lowest BCUT2D eigenvalue weighted by Crippen LogP contribution is -2.47. The van der Waals surface area contributed by atoms with Gasteiger partial charge in [-0.1, -0.05) is 29.8 Å². The lowest BCUT2D eigenvalue weighted by atomic mass is 10.1. The number of imide groups is 1. The fourth-order valence-corrected chi connectivity index (χ4v) is 4.84. The Labute approximate surface area is 179 Å². The van der Waals surface area contributed by atoms with Gasteiger partial charge in [0.15, 0.2) is 0 Å². The molecule has 1 aromatic heterocycles. The molecule has 0 spiro atoms. The van der Waals surface area contributed by atoms with Crippen LogP contribution in [-0.4, -0.2) is 53.5 Å². The Bertz CT molecular complexity index is 929. The number of amides is 2. The van der Waals surface area contributed by atoms with Crippen LogP contribution in [0.5, 0.6) is 0 Å². The second kappa shape index (κ2) is 8.30. The number of hydrogen-bond acceptors (Lipinski definition) is 5. The van der Waals surface area contributed by atoms with E-state index in [1.807, 2.05) is 60.5 Å². The summed E-state index contributed by atoms with van der Waals surface area (Å²) >= 11 is 7.43. The van der Waals surface area contributed by atoms with Gasteiger partial charge in [-0.3, -0.25) is 14.5 Å². The summed E-state index contributed by atoms with van der Waals surface area (Å²) in [4.78, 5) is 30.9. The highest BCUT2D eigenvalue weighted by Crippen LogP contribution is 2.35. The predicted molar refractivity (Wildman–Crippen MR) is 115 cm³/mol. The van der Waals surface area contributed by atoms with Crippen LogP contribution in [0.2, 0.25) is 5.02 Å². The Morgan fingerprint density at radius 2 is 1.76 bits per heavy atom. The number of ether oxygens (including phenoxy) is 1. The molecule has 4 rings (SSSR count). The van der Waals surface area contributed by atoms with Crippen LogP contribution in [-0.2, 0) is 20.7 Å². The van der Waals surface area contributed by atoms with E-state index in [1.165, 1.54) is 16.2 Å². The minimum atomic E-state index is -0.215. The lowest BCUT2D eigenvalue weighted by molar-refractivity contribution is -0.138. The SMILES string of the molecule is CC1CN(C2=C(c3cccs3)C(=O)N(CCc3ccc(Cl)cc3)C2=O)CC(C)O1. The average Bonchev–Trinajstić information content (AvgIpc) is 3.27. The number of benzene rings is 1. The van der Waals surface area contributed by atoms with Crippen LogP contribution in [0, 0.1) is 0 Å². The van der Waals surface area contributed by atoms with Crippen molar-refractivity contribution in [3.8, 4) is 0 Å². The summed E-state index contributed by atoms with van der Waals surface area (Å²) in [7, 11) is 0. The molecule has 2 aliphatic rings. The zero-order chi connectivity index (χ0) is 20.5. The molecule has 152 valence electrons. The van der Waals surface area contributed by atoms with Crippen molar-refractivity contribution >= 4 is 40.3 Å². The zero-order valence-corrected chi connectivity index (χ0v) is 18.0. The summed E-state index contributed by atoms with van der Waals surface area (Å²) < 4.78 is 5.82. The normalized spacial score (nSPS) is 22.7. The molecule has 2 atom stereocenters. The topological polar surface area (TPSA) is 49.9 Å². The van der Waals surface area contributed by atoms with Gasteiger partial charge < -0.3 is 9.64 Å². The molecular weight excluding hydrogens is 408 g/mol. The standard InChI is InChI=1S/C22H23ClN2O3S/c1-14-12-24(13-15(2)28-14)20-19(18-4-3-11-29-18)21(26)25(22(20)27)10-9-16-5-7-17(23)8-6-16/h3-8,11,14-15H,9-10,12-13H2,1-2H3. The van der Waals surface area contributed by atoms with Gasteiger partial charge in [-0.2, -0.15) is 0 Å². The van der Waals surface area contributed by atoms with Gasteiger partial charge in [0, 0.05) is 29.5 Å². The quantitative estimate of drug-likeness (QED) is 0.676. The fraction of sp³-hybridized carbons (Fsp3) is 0.364. The number of halogens is 1. The molecule has 2 amide bonds. The third-order valence-corrected chi connectivity index (χ3v) is 6.32. The summed E-state index contributed by atoms with van der Waals surface area (Å²) in [6.07, 6.45) is 0.596. The van der Waals surface area contributed by atoms with Gasteiger partial charge >= 0.3 is 0 Å². The fourth-order valence-electron chi connectivity index (χ4n) is 3.96. The summed E-state index contributed by atoms with van der Waals surface area (Å²) in [6.45, 7) is 5.52. The van der Waals surface area contributed by atoms with Crippen molar-refractivity contribution in [1.82, 2.24) is 9.80 Å². The van der Waals surface area contributed by atoms with E-state index in [0.29, 0.717) is 42.3 Å². The van der Waals surface area contributed by atoms with Crippen LogP contribution in [0.25, 0.3) is 5.57 Å². The Morgan fingerprint density at radius 3 is 2.38 bits per heavy atom. The zero-order valence-electron chi connectivity index (χ0n) is 16.4. The maximum Gasteiger partial charge on any atom is 0.277 e. The van der Waals surface area contributed by atoms with Gasteiger partial charge in [-0.15, -0.1) is 11.3 Å². The largest absolute Gasteiger partial charge is 0.372 e. The van der Waals surface area contributed by atoms with E-state index in [1.54, 1.807) is 0 Å². The molecule has 29 heavy (non-hydrogen) atoms. The predicted octanol–water partition coefficient (Wildman–Crippen LogP) is 3.83. The van der Waals surface area contributed by atoms with Crippen LogP contribution < -0.4 is 0 Å². The minimum Gasteiger partial charge on any atom is -0.372 e. The van der Waals surface area contributed by atoms with Gasteiger partial charge in [-0.05, 0) is 49.4 Å². The third kappa shape index (κ3) is 4.10. The van der Waals surface area contributed by atoms with E-state index in [0.717, 1.165) is 10.4 Å². The molecule has 3 heterocycles. The van der Waals surface area contributed by atoms with Crippen molar-refractivity contribution in [3.63, 3.8) is 0 Å². The maximum atomic E-state index is 13.4. The molecule has 2 aromatic rings. The number of rotatable bonds is 5. The molecule has 1 fully saturated rings. The average molecular weight is 431 g/mol. The molecule has 0 N–H and O–H groups in total. The van der Waals surface area contributed by atoms with Crippen molar-refractivity contribution in [2.75, 3.05) is 19.6 Å². The first-order valence-electron chi connectivity index (χ1n) is 9.73. The van der Waals surface area contributed by atoms with Gasteiger partial charge in [0.2, 0.25) is 0 Å². The molecular formula is C22H23ClN2O3S. The first kappa shape index (κ1) is 20.1. The van der Waals surface area contributed by atoms with E-state index in [4.69, 9.17) is 16.3 Å². The van der Waals surface area contributed by atoms with Crippen LogP contribution >= 0.6 is 22.9 Å². The van der Waals surface area contributed by atoms with E-state index in [2.05, 4.69) is 0 Å². The first-order chi connectivity index (χ1) is 13.9. The summed E-state index contributed by atoms with van der Waals surface area (Å²) in [5.41, 5.74) is 2.06. The molecule has 0 aliphatic carbocycles. The highest BCUT2D eigenvalue weighted by molar-refractivity contribution is 7.11. The van der Waals surface area contributed by atoms with Gasteiger partial charge in [-0.25, -0.2) is 0 Å². The first-order valence-corrected chi connectivity index (χ1v) is 11.0. The number of carbonyl (C=O) groups is 2. The summed E-state index contributed by atoms with van der Waals surface area (Å²) in [5, 5.41) is 2.60. The molecule has 2 unspecified atom stereocenters. The van der Waals surface area contributed by atoms with Gasteiger partial charge in [0.25, 0.3) is 11.8 Å². The number of thiophene rings is 1. The smallest absolute Gasteiger partial charge is 0.277 e. The number of hydrogen-bond donors (Lipinski definition) is 0. The third-order valence-electron chi connectivity index (χ3n) is 5.18. The molecule has 5 nitrogen and oxygen atoms in total. The Kier molecular flexibility index (Phi) is 5.76. The molecule has 7 heteroatoms. The molecule has 2 aliphatic heterocycles. The van der Waals surface area contributed by atoms with Crippen LogP contribution in [0.3, 0.4) is 0 Å². The number of nitrogens with zero attached hydrogens (tertiary/aromatic N) is 2. The second-order valence-corrected chi connectivity index (χ2v) is 8.89. The van der Waals surface area contributed by atoms with Crippen molar-refractivity contribution < 1.29 is 14.3 Å². The molecule has 0 radical (unpaired) electrons. The highest BCUT2D eigenvalue weighted by Gasteiger charge is 2.43. The summed E-state index contributed by atoms with van der Waals surface area (Å²) in [5.74, 6) is -0.429. The minimum absolute atomic E-state index is 0.00172. The van der Waals surface area contributed by atoms with E-state index >= 15 is 0 Å². The highest BCUT2D eigenvalue weighted by atomic mass is 35.5. The maximum absolute atomic E-state index is 13.4. The van der Waals surface area contributed by atoms with Crippen molar-refractivity contribution in [3.05, 3.63) is 62.9 Å². The van der Waals surface area contributed by atoms with Crippen LogP contribution in [0.4, 0.5) is 0 Å². The van der Waals surface area contributed by atoms with Gasteiger partial charge in [0.05, 0.1) is 17.8 Å². The lowest BCUT2D eigenvalue weighted by Gasteiger charge is -2.37. The molecule has 1 saturated heterocycles. The Hall–Kier alpha value is -2.15. The molecule has 1 aromatic carbocycles. The molecule has 0 bridgehead atoms. The van der Waals surface area contributed by atoms with Crippen molar-refractivity contribution in [1.29, 1.82) is 0 Å². The monoisotopic (exact) mass is 430 g/mol. The summed E-state index contributed by atoms with van der Waals surface area (Å²) in [6, 6.07) is 11.3. The Balaban J connectivity index is 1.62. The van der Waals surface area contributed by atoms with E-state index < -0.39 is 0 Å². The Morgan fingerprint density at radius 1 is 1.07 bits per heavy atom.